The second kappa shape index (κ2) is 7.44. The van der Waals surface area contributed by atoms with Crippen LogP contribution in [0.5, 0.6) is 0 Å². The molecule has 1 rings (SSSR count). The normalized spacial score (nSPS) is 14.7. The summed E-state index contributed by atoms with van der Waals surface area (Å²) in [5.41, 5.74) is 7.36. The first kappa shape index (κ1) is 16.7. The van der Waals surface area contributed by atoms with E-state index in [2.05, 4.69) is 33.0 Å². The number of nitrogens with one attached hydrogen (secondary N) is 1. The molecule has 0 aliphatic heterocycles. The standard InChI is InChI=1S/C17H28N2O/c1-13(10-11-17(2,3)4)19-16(20)12-15(18)14-8-6-5-7-9-14/h5-9,13,15H,10-12,18H2,1-4H3,(H,19,20). The molecule has 1 aromatic carbocycles. The summed E-state index contributed by atoms with van der Waals surface area (Å²) in [6, 6.07) is 9.72. The summed E-state index contributed by atoms with van der Waals surface area (Å²) in [4.78, 5) is 12.0. The van der Waals surface area contributed by atoms with Gasteiger partial charge in [0.15, 0.2) is 0 Å². The van der Waals surface area contributed by atoms with Gasteiger partial charge in [-0.2, -0.15) is 0 Å². The van der Waals surface area contributed by atoms with Crippen LogP contribution < -0.4 is 11.1 Å². The van der Waals surface area contributed by atoms with E-state index >= 15 is 0 Å². The van der Waals surface area contributed by atoms with E-state index in [0.717, 1.165) is 18.4 Å². The zero-order valence-electron chi connectivity index (χ0n) is 13.1. The largest absolute Gasteiger partial charge is 0.354 e. The molecule has 0 aliphatic rings. The van der Waals surface area contributed by atoms with Gasteiger partial charge in [-0.3, -0.25) is 4.79 Å². The molecule has 20 heavy (non-hydrogen) atoms. The summed E-state index contributed by atoms with van der Waals surface area (Å²) < 4.78 is 0. The minimum absolute atomic E-state index is 0.0303. The van der Waals surface area contributed by atoms with E-state index in [4.69, 9.17) is 5.73 Å². The molecule has 0 aromatic heterocycles. The summed E-state index contributed by atoms with van der Waals surface area (Å²) in [5, 5.41) is 3.03. The Morgan fingerprint density at radius 1 is 1.25 bits per heavy atom. The first-order valence-electron chi connectivity index (χ1n) is 7.38. The van der Waals surface area contributed by atoms with E-state index in [1.54, 1.807) is 0 Å². The molecule has 2 unspecified atom stereocenters. The molecule has 2 atom stereocenters. The van der Waals surface area contributed by atoms with Crippen LogP contribution >= 0.6 is 0 Å². The van der Waals surface area contributed by atoms with E-state index in [0.29, 0.717) is 11.8 Å². The van der Waals surface area contributed by atoms with Crippen molar-refractivity contribution in [1.82, 2.24) is 5.32 Å². The fourth-order valence-electron chi connectivity index (χ4n) is 2.07. The lowest BCUT2D eigenvalue weighted by Gasteiger charge is -2.22. The molecule has 3 N–H and O–H groups in total. The average molecular weight is 276 g/mol. The van der Waals surface area contributed by atoms with Crippen molar-refractivity contribution in [3.05, 3.63) is 35.9 Å². The first-order valence-corrected chi connectivity index (χ1v) is 7.38. The fraction of sp³-hybridized carbons (Fsp3) is 0.588. The highest BCUT2D eigenvalue weighted by Crippen LogP contribution is 2.21. The van der Waals surface area contributed by atoms with Gasteiger partial charge in [-0.15, -0.1) is 0 Å². The maximum Gasteiger partial charge on any atom is 0.222 e. The van der Waals surface area contributed by atoms with Crippen molar-refractivity contribution in [3.8, 4) is 0 Å². The Bertz CT molecular complexity index is 409. The Kier molecular flexibility index (Phi) is 6.21. The molecule has 0 radical (unpaired) electrons. The van der Waals surface area contributed by atoms with E-state index in [1.165, 1.54) is 0 Å². The van der Waals surface area contributed by atoms with Crippen molar-refractivity contribution in [2.45, 2.75) is 59.0 Å². The van der Waals surface area contributed by atoms with Gasteiger partial charge in [0.2, 0.25) is 5.91 Å². The Morgan fingerprint density at radius 3 is 2.40 bits per heavy atom. The second-order valence-electron chi connectivity index (χ2n) is 6.79. The van der Waals surface area contributed by atoms with Gasteiger partial charge in [-0.25, -0.2) is 0 Å². The Morgan fingerprint density at radius 2 is 1.85 bits per heavy atom. The van der Waals surface area contributed by atoms with Gasteiger partial charge in [0.05, 0.1) is 0 Å². The Labute approximate surface area is 122 Å². The van der Waals surface area contributed by atoms with Crippen molar-refractivity contribution >= 4 is 5.91 Å². The predicted molar refractivity (Wildman–Crippen MR) is 84.3 cm³/mol. The maximum absolute atomic E-state index is 12.0. The van der Waals surface area contributed by atoms with Crippen LogP contribution in [0.15, 0.2) is 30.3 Å². The van der Waals surface area contributed by atoms with E-state index < -0.39 is 0 Å². The van der Waals surface area contributed by atoms with Gasteiger partial charge in [0.25, 0.3) is 0 Å². The molecule has 0 heterocycles. The van der Waals surface area contributed by atoms with Gasteiger partial charge in [0.1, 0.15) is 0 Å². The number of amides is 1. The zero-order valence-corrected chi connectivity index (χ0v) is 13.1. The molecule has 0 bridgehead atoms. The fourth-order valence-corrected chi connectivity index (χ4v) is 2.07. The Hall–Kier alpha value is -1.35. The third-order valence-corrected chi connectivity index (χ3v) is 3.37. The molecule has 1 aromatic rings. The van der Waals surface area contributed by atoms with Crippen molar-refractivity contribution in [1.29, 1.82) is 0 Å². The predicted octanol–water partition coefficient (Wildman–Crippen LogP) is 3.41. The molecule has 0 saturated carbocycles. The lowest BCUT2D eigenvalue weighted by Crippen LogP contribution is -2.35. The number of hydrogen-bond donors (Lipinski definition) is 2. The molecular formula is C17H28N2O. The van der Waals surface area contributed by atoms with Crippen LogP contribution in [0.2, 0.25) is 0 Å². The zero-order chi connectivity index (χ0) is 15.2. The second-order valence-corrected chi connectivity index (χ2v) is 6.79. The summed E-state index contributed by atoms with van der Waals surface area (Å²) in [5.74, 6) is 0.0303. The van der Waals surface area contributed by atoms with Gasteiger partial charge in [-0.05, 0) is 30.7 Å². The van der Waals surface area contributed by atoms with Crippen molar-refractivity contribution < 1.29 is 4.79 Å². The summed E-state index contributed by atoms with van der Waals surface area (Å²) in [7, 11) is 0. The third-order valence-electron chi connectivity index (χ3n) is 3.37. The van der Waals surface area contributed by atoms with Gasteiger partial charge in [-0.1, -0.05) is 51.1 Å². The average Bonchev–Trinajstić information content (AvgIpc) is 2.36. The smallest absolute Gasteiger partial charge is 0.222 e. The molecular weight excluding hydrogens is 248 g/mol. The minimum Gasteiger partial charge on any atom is -0.354 e. The summed E-state index contributed by atoms with van der Waals surface area (Å²) >= 11 is 0. The number of hydrogen-bond acceptors (Lipinski definition) is 2. The lowest BCUT2D eigenvalue weighted by atomic mass is 9.89. The molecule has 1 amide bonds. The third kappa shape index (κ3) is 6.71. The van der Waals surface area contributed by atoms with Crippen LogP contribution in [0.4, 0.5) is 0 Å². The van der Waals surface area contributed by atoms with E-state index in [-0.39, 0.29) is 18.0 Å². The topological polar surface area (TPSA) is 55.1 Å². The van der Waals surface area contributed by atoms with Gasteiger partial charge >= 0.3 is 0 Å². The quantitative estimate of drug-likeness (QED) is 0.836. The van der Waals surface area contributed by atoms with Crippen LogP contribution in [-0.4, -0.2) is 11.9 Å². The Balaban J connectivity index is 2.36. The van der Waals surface area contributed by atoms with Crippen molar-refractivity contribution in [3.63, 3.8) is 0 Å². The number of nitrogens with two attached hydrogens (primary N) is 1. The van der Waals surface area contributed by atoms with Crippen LogP contribution in [0.3, 0.4) is 0 Å². The van der Waals surface area contributed by atoms with Crippen LogP contribution in [0, 0.1) is 5.41 Å². The van der Waals surface area contributed by atoms with Gasteiger partial charge in [0, 0.05) is 18.5 Å². The number of benzene rings is 1. The van der Waals surface area contributed by atoms with E-state index in [1.807, 2.05) is 30.3 Å². The first-order chi connectivity index (χ1) is 9.28. The summed E-state index contributed by atoms with van der Waals surface area (Å²) in [6.45, 7) is 8.70. The van der Waals surface area contributed by atoms with Crippen LogP contribution in [-0.2, 0) is 4.79 Å². The number of carbonyl (C=O) groups is 1. The van der Waals surface area contributed by atoms with Crippen LogP contribution in [0.25, 0.3) is 0 Å². The lowest BCUT2D eigenvalue weighted by molar-refractivity contribution is -0.122. The minimum atomic E-state index is -0.231. The molecule has 0 aliphatic carbocycles. The highest BCUT2D eigenvalue weighted by Gasteiger charge is 2.16. The summed E-state index contributed by atoms with van der Waals surface area (Å²) in [6.07, 6.45) is 2.43. The number of carbonyl (C=O) groups excluding carboxylic acids is 1. The molecule has 0 spiro atoms. The molecule has 0 fully saturated rings. The highest BCUT2D eigenvalue weighted by atomic mass is 16.1. The molecule has 112 valence electrons. The van der Waals surface area contributed by atoms with Gasteiger partial charge < -0.3 is 11.1 Å². The molecule has 0 saturated heterocycles. The monoisotopic (exact) mass is 276 g/mol. The van der Waals surface area contributed by atoms with Crippen molar-refractivity contribution in [2.24, 2.45) is 11.1 Å². The van der Waals surface area contributed by atoms with Crippen molar-refractivity contribution in [2.75, 3.05) is 0 Å². The van der Waals surface area contributed by atoms with Crippen LogP contribution in [0.1, 0.15) is 58.6 Å². The SMILES string of the molecule is CC(CCC(C)(C)C)NC(=O)CC(N)c1ccccc1. The molecule has 3 nitrogen and oxygen atoms in total. The maximum atomic E-state index is 12.0. The molecule has 3 heteroatoms. The number of rotatable bonds is 6. The van der Waals surface area contributed by atoms with E-state index in [9.17, 15) is 4.79 Å². The highest BCUT2D eigenvalue weighted by molar-refractivity contribution is 5.77.